The van der Waals surface area contributed by atoms with Crippen molar-refractivity contribution in [3.8, 4) is 0 Å². The molecule has 3 heterocycles. The van der Waals surface area contributed by atoms with Crippen LogP contribution in [-0.4, -0.2) is 117 Å². The van der Waals surface area contributed by atoms with Crippen molar-refractivity contribution >= 4 is 29.0 Å². The normalized spacial score (nSPS) is 17.6. The van der Waals surface area contributed by atoms with Crippen molar-refractivity contribution in [2.75, 3.05) is 86.1 Å². The number of thiocarbonyl (C=S) groups is 1. The summed E-state index contributed by atoms with van der Waals surface area (Å²) in [5.41, 5.74) is 3.75. The van der Waals surface area contributed by atoms with Crippen molar-refractivity contribution in [3.63, 3.8) is 0 Å². The number of nitrogens with zero attached hydrogens (tertiary/aromatic N) is 5. The molecule has 224 valence electrons. The number of isothiocyanates is 1. The van der Waals surface area contributed by atoms with Gasteiger partial charge in [-0.2, -0.15) is 4.99 Å². The second kappa shape index (κ2) is 19.5. The minimum absolute atomic E-state index is 0.294. The maximum absolute atomic E-state index is 11.9. The molecule has 0 N–H and O–H groups in total. The first-order valence-electron chi connectivity index (χ1n) is 14.0. The topological polar surface area (TPSA) is 108 Å². The Labute approximate surface area is 247 Å². The van der Waals surface area contributed by atoms with Crippen molar-refractivity contribution < 1.29 is 28.5 Å². The third-order valence-corrected chi connectivity index (χ3v) is 6.47. The van der Waals surface area contributed by atoms with E-state index in [0.29, 0.717) is 84.7 Å². The average Bonchev–Trinajstić information content (AvgIpc) is 2.98. The lowest BCUT2D eigenvalue weighted by atomic mass is 10.2. The van der Waals surface area contributed by atoms with Gasteiger partial charge in [-0.15, -0.1) is 0 Å². The van der Waals surface area contributed by atoms with E-state index in [1.165, 1.54) is 7.11 Å². The highest BCUT2D eigenvalue weighted by Crippen LogP contribution is 2.16. The van der Waals surface area contributed by atoms with Crippen LogP contribution in [0.5, 0.6) is 0 Å². The number of aliphatic imine (C=N–C) groups is 1. The molecule has 0 amide bonds. The summed E-state index contributed by atoms with van der Waals surface area (Å²) in [5, 5.41) is 2.44. The van der Waals surface area contributed by atoms with Gasteiger partial charge in [0.2, 0.25) is 0 Å². The molecule has 0 aliphatic carbocycles. The maximum atomic E-state index is 11.9. The fraction of sp³-hybridized carbons (Fsp3) is 0.586. The van der Waals surface area contributed by atoms with Gasteiger partial charge < -0.3 is 23.7 Å². The van der Waals surface area contributed by atoms with Crippen LogP contribution in [-0.2, 0) is 43.2 Å². The summed E-state index contributed by atoms with van der Waals surface area (Å²) in [7, 11) is 1.35. The van der Waals surface area contributed by atoms with Crippen molar-refractivity contribution in [3.05, 3.63) is 53.1 Å². The maximum Gasteiger partial charge on any atom is 0.356 e. The number of methoxy groups -OCH3 is 1. The Morgan fingerprint density at radius 3 is 1.90 bits per heavy atom. The van der Waals surface area contributed by atoms with Crippen LogP contribution in [0.3, 0.4) is 0 Å². The zero-order chi connectivity index (χ0) is 29.1. The first kappa shape index (κ1) is 32.8. The summed E-state index contributed by atoms with van der Waals surface area (Å²) in [6.45, 7) is 10.4. The second-order valence-corrected chi connectivity index (χ2v) is 9.55. The monoisotopic (exact) mass is 587 g/mol. The van der Waals surface area contributed by atoms with E-state index in [1.54, 1.807) is 6.07 Å². The molecule has 0 bridgehead atoms. The number of pyridine rings is 2. The number of hydrogen-bond acceptors (Lipinski definition) is 12. The quantitative estimate of drug-likeness (QED) is 0.271. The van der Waals surface area contributed by atoms with Crippen molar-refractivity contribution in [2.24, 2.45) is 4.99 Å². The van der Waals surface area contributed by atoms with Gasteiger partial charge in [-0.25, -0.2) is 9.78 Å². The van der Waals surface area contributed by atoms with Crippen molar-refractivity contribution in [1.82, 2.24) is 19.8 Å². The van der Waals surface area contributed by atoms with Crippen LogP contribution in [0.25, 0.3) is 0 Å². The molecule has 3 rings (SSSR count). The van der Waals surface area contributed by atoms with E-state index >= 15 is 0 Å². The fourth-order valence-corrected chi connectivity index (χ4v) is 4.32. The van der Waals surface area contributed by atoms with E-state index in [4.69, 9.17) is 40.9 Å². The van der Waals surface area contributed by atoms with Crippen molar-refractivity contribution in [2.45, 2.75) is 26.4 Å². The third kappa shape index (κ3) is 12.8. The first-order valence-corrected chi connectivity index (χ1v) is 14.4. The molecule has 0 atom stereocenters. The number of ether oxygens (including phenoxy) is 5. The molecule has 0 spiro atoms. The Balaban J connectivity index is 1.51. The molecule has 11 nitrogen and oxygen atoms in total. The van der Waals surface area contributed by atoms with Gasteiger partial charge >= 0.3 is 5.97 Å². The molecule has 0 unspecified atom stereocenters. The lowest BCUT2D eigenvalue weighted by Gasteiger charge is -2.23. The van der Waals surface area contributed by atoms with Gasteiger partial charge in [-0.05, 0) is 42.9 Å². The highest BCUT2D eigenvalue weighted by atomic mass is 32.1. The number of carbonyl (C=O) groups excluding carboxylic acids is 1. The smallest absolute Gasteiger partial charge is 0.356 e. The van der Waals surface area contributed by atoms with Crippen molar-refractivity contribution in [1.29, 1.82) is 0 Å². The van der Waals surface area contributed by atoms with Gasteiger partial charge in [0.05, 0.1) is 82.2 Å². The van der Waals surface area contributed by atoms with E-state index in [9.17, 15) is 4.79 Å². The van der Waals surface area contributed by atoms with E-state index < -0.39 is 5.97 Å². The van der Waals surface area contributed by atoms with Crippen LogP contribution in [0.1, 0.15) is 34.5 Å². The molecular weight excluding hydrogens is 546 g/mol. The van der Waals surface area contributed by atoms with Crippen LogP contribution < -0.4 is 0 Å². The van der Waals surface area contributed by atoms with Gasteiger partial charge in [0.25, 0.3) is 0 Å². The summed E-state index contributed by atoms with van der Waals surface area (Å²) in [6, 6.07) is 9.24. The average molecular weight is 588 g/mol. The van der Waals surface area contributed by atoms with E-state index in [1.807, 2.05) is 24.3 Å². The van der Waals surface area contributed by atoms with Gasteiger partial charge in [0, 0.05) is 45.0 Å². The first-order chi connectivity index (χ1) is 20.1. The molecular formula is C29H41N5O6S. The number of carbonyl (C=O) groups is 1. The lowest BCUT2D eigenvalue weighted by molar-refractivity contribution is 0.00598. The van der Waals surface area contributed by atoms with E-state index in [-0.39, 0.29) is 0 Å². The molecule has 0 aromatic carbocycles. The largest absolute Gasteiger partial charge is 0.464 e. The highest BCUT2D eigenvalue weighted by Gasteiger charge is 2.13. The van der Waals surface area contributed by atoms with E-state index in [2.05, 4.69) is 31.9 Å². The number of rotatable bonds is 7. The van der Waals surface area contributed by atoms with Crippen LogP contribution in [0.15, 0.2) is 35.3 Å². The molecule has 2 aromatic rings. The zero-order valence-corrected chi connectivity index (χ0v) is 24.9. The standard InChI is InChI=1S/C29H41N5O6S/c1-3-24-19-26(30-23-41)20-27(31-24)22-34-9-13-39-17-15-37-11-7-33(8-12-38-16-18-40-14-10-34)21-25-5-4-6-28(32-25)29(35)36-2/h4-6,19-20H,3,7-18,21-22H2,1-2H3. The number of aryl methyl sites for hydroxylation is 1. The molecule has 12 heteroatoms. The molecule has 1 saturated heterocycles. The summed E-state index contributed by atoms with van der Waals surface area (Å²) in [4.78, 5) is 29.7. The molecule has 1 fully saturated rings. The van der Waals surface area contributed by atoms with E-state index in [0.717, 1.165) is 42.3 Å². The minimum Gasteiger partial charge on any atom is -0.464 e. The molecule has 2 aromatic heterocycles. The van der Waals surface area contributed by atoms with Crippen LogP contribution in [0.2, 0.25) is 0 Å². The summed E-state index contributed by atoms with van der Waals surface area (Å²) in [5.74, 6) is -0.449. The Bertz CT molecular complexity index is 1100. The molecule has 0 saturated carbocycles. The second-order valence-electron chi connectivity index (χ2n) is 9.37. The van der Waals surface area contributed by atoms with Crippen LogP contribution in [0.4, 0.5) is 5.69 Å². The summed E-state index contributed by atoms with van der Waals surface area (Å²) >= 11 is 4.79. The lowest BCUT2D eigenvalue weighted by Crippen LogP contribution is -2.33. The Hall–Kier alpha value is -2.67. The Morgan fingerprint density at radius 1 is 0.854 bits per heavy atom. The Morgan fingerprint density at radius 2 is 1.39 bits per heavy atom. The number of aromatic nitrogens is 2. The summed E-state index contributed by atoms with van der Waals surface area (Å²) < 4.78 is 28.2. The van der Waals surface area contributed by atoms with Gasteiger partial charge in [0.15, 0.2) is 0 Å². The predicted molar refractivity (Wildman–Crippen MR) is 158 cm³/mol. The zero-order valence-electron chi connectivity index (χ0n) is 24.1. The van der Waals surface area contributed by atoms with Crippen LogP contribution in [0, 0.1) is 0 Å². The van der Waals surface area contributed by atoms with Gasteiger partial charge in [0.1, 0.15) is 5.69 Å². The molecule has 0 radical (unpaired) electrons. The SMILES string of the molecule is CCc1cc(N=C=S)cc(CN2CCOCCOCCN(Cc3cccc(C(=O)OC)n3)CCOCCOCC2)n1. The van der Waals surface area contributed by atoms with Crippen LogP contribution >= 0.6 is 12.2 Å². The number of esters is 1. The van der Waals surface area contributed by atoms with Gasteiger partial charge in [-0.3, -0.25) is 14.8 Å². The highest BCUT2D eigenvalue weighted by molar-refractivity contribution is 7.78. The fourth-order valence-electron chi connectivity index (χ4n) is 4.21. The third-order valence-electron chi connectivity index (χ3n) is 6.38. The molecule has 41 heavy (non-hydrogen) atoms. The predicted octanol–water partition coefficient (Wildman–Crippen LogP) is 2.94. The molecule has 1 aliphatic rings. The number of hydrogen-bond donors (Lipinski definition) is 0. The Kier molecular flexibility index (Phi) is 15.6. The minimum atomic E-state index is -0.449. The summed E-state index contributed by atoms with van der Waals surface area (Å²) in [6.07, 6.45) is 0.817. The molecule has 1 aliphatic heterocycles. The van der Waals surface area contributed by atoms with Gasteiger partial charge in [-0.1, -0.05) is 13.0 Å².